The van der Waals surface area contributed by atoms with E-state index in [1.807, 2.05) is 6.08 Å². The Morgan fingerprint density at radius 2 is 1.38 bits per heavy atom. The van der Waals surface area contributed by atoms with Crippen molar-refractivity contribution in [3.8, 4) is 0 Å². The van der Waals surface area contributed by atoms with Crippen LogP contribution >= 0.6 is 15.6 Å². The lowest BCUT2D eigenvalue weighted by atomic mass is 10.1. The molecule has 9 atom stereocenters. The van der Waals surface area contributed by atoms with Crippen molar-refractivity contribution in [2.24, 2.45) is 0 Å². The average Bonchev–Trinajstić information content (AvgIpc) is 3.61. The number of unbranched alkanes of at least 4 members (excludes halogenated alkanes) is 8. The van der Waals surface area contributed by atoms with E-state index in [0.717, 1.165) is 81.4 Å². The highest BCUT2D eigenvalue weighted by molar-refractivity contribution is 7.61. The minimum absolute atomic E-state index is 0.0499. The Kier molecular flexibility index (Phi) is 33.4. The average molecular weight is 1060 g/mol. The second-order valence-electron chi connectivity index (χ2n) is 17.0. The molecule has 1 aliphatic rings. The summed E-state index contributed by atoms with van der Waals surface area (Å²) in [5.41, 5.74) is 4.56. The van der Waals surface area contributed by atoms with E-state index in [2.05, 4.69) is 65.7 Å². The number of carbonyl (C=O) groups excluding carboxylic acids is 2. The molecule has 8 N–H and O–H groups in total. The molecule has 0 aliphatic carbocycles. The summed E-state index contributed by atoms with van der Waals surface area (Å²) in [4.78, 5) is 61.9. The number of allylic oxidation sites excluding steroid dienone is 11. The third-order valence-electron chi connectivity index (χ3n) is 10.7. The number of anilines is 1. The van der Waals surface area contributed by atoms with E-state index in [1.165, 1.54) is 18.6 Å². The van der Waals surface area contributed by atoms with Gasteiger partial charge in [-0.25, -0.2) is 13.9 Å². The molecule has 0 radical (unpaired) electrons. The molecule has 0 bridgehead atoms. The van der Waals surface area contributed by atoms with Crippen molar-refractivity contribution >= 4 is 33.4 Å². The highest BCUT2D eigenvalue weighted by atomic mass is 31.3. The van der Waals surface area contributed by atoms with Gasteiger partial charge in [-0.1, -0.05) is 131 Å². The molecule has 1 aliphatic heterocycles. The van der Waals surface area contributed by atoms with Crippen molar-refractivity contribution in [2.45, 2.75) is 172 Å². The van der Waals surface area contributed by atoms with Gasteiger partial charge in [-0.05, 0) is 76.7 Å². The summed E-state index contributed by atoms with van der Waals surface area (Å²) in [7, 11) is -11.0. The fourth-order valence-electron chi connectivity index (χ4n) is 6.76. The van der Waals surface area contributed by atoms with E-state index in [-0.39, 0.29) is 31.5 Å². The van der Waals surface area contributed by atoms with E-state index in [9.17, 15) is 53.7 Å². The molecule has 2 unspecified atom stereocenters. The molecule has 0 saturated carbocycles. The molecule has 20 nitrogen and oxygen atoms in total. The Hall–Kier alpha value is -4.14. The van der Waals surface area contributed by atoms with Crippen molar-refractivity contribution in [2.75, 3.05) is 25.6 Å². The number of hydrogen-bond donors (Lipinski definition) is 7. The molecule has 1 fully saturated rings. The van der Waals surface area contributed by atoms with Gasteiger partial charge in [-0.2, -0.15) is 9.29 Å². The second kappa shape index (κ2) is 37.6. The number of phosphoric acid groups is 2. The van der Waals surface area contributed by atoms with Gasteiger partial charge < -0.3 is 50.2 Å². The molecule has 1 aromatic heterocycles. The minimum Gasteiger partial charge on any atom is -0.462 e. The smallest absolute Gasteiger partial charge is 0.462 e. The lowest BCUT2D eigenvalue weighted by molar-refractivity contribution is -0.161. The van der Waals surface area contributed by atoms with Gasteiger partial charge >= 0.3 is 33.3 Å². The van der Waals surface area contributed by atoms with Crippen LogP contribution in [0.2, 0.25) is 0 Å². The number of nitrogens with zero attached hydrogens (tertiary/aromatic N) is 2. The molecule has 72 heavy (non-hydrogen) atoms. The third-order valence-corrected chi connectivity index (χ3v) is 13.3. The van der Waals surface area contributed by atoms with Crippen LogP contribution in [0, 0.1) is 0 Å². The van der Waals surface area contributed by atoms with Crippen LogP contribution in [0.15, 0.2) is 102 Å². The Balaban J connectivity index is 1.90. The van der Waals surface area contributed by atoms with E-state index in [4.69, 9.17) is 29.0 Å². The van der Waals surface area contributed by atoms with Crippen LogP contribution in [-0.2, 0) is 46.3 Å². The Morgan fingerprint density at radius 1 is 0.764 bits per heavy atom. The van der Waals surface area contributed by atoms with E-state index < -0.39 is 95.9 Å². The summed E-state index contributed by atoms with van der Waals surface area (Å²) >= 11 is 0. The van der Waals surface area contributed by atoms with Crippen LogP contribution in [0.3, 0.4) is 0 Å². The lowest BCUT2D eigenvalue weighted by Gasteiger charge is -2.21. The number of rotatable bonds is 39. The molecule has 1 saturated heterocycles. The van der Waals surface area contributed by atoms with Gasteiger partial charge in [-0.15, -0.1) is 0 Å². The fourth-order valence-corrected chi connectivity index (χ4v) is 8.87. The summed E-state index contributed by atoms with van der Waals surface area (Å²) in [5, 5.41) is 41.4. The molecule has 0 spiro atoms. The van der Waals surface area contributed by atoms with Crippen molar-refractivity contribution in [3.63, 3.8) is 0 Å². The molecule has 2 rings (SSSR count). The number of carbonyl (C=O) groups is 2. The highest BCUT2D eigenvalue weighted by Crippen LogP contribution is 2.60. The van der Waals surface area contributed by atoms with Crippen LogP contribution in [0.4, 0.5) is 5.82 Å². The Labute approximate surface area is 423 Å². The fraction of sp³-hybridized carbons (Fsp3) is 0.600. The quantitative estimate of drug-likeness (QED) is 0.0109. The van der Waals surface area contributed by atoms with Gasteiger partial charge in [0.15, 0.2) is 12.3 Å². The number of esters is 2. The minimum atomic E-state index is -5.49. The zero-order valence-corrected chi connectivity index (χ0v) is 43.5. The molecule has 2 heterocycles. The monoisotopic (exact) mass is 1060 g/mol. The molecule has 406 valence electrons. The number of hydrogen-bond acceptors (Lipinski definition) is 17. The van der Waals surface area contributed by atoms with E-state index in [0.29, 0.717) is 12.8 Å². The molecular formula is C50H79N3O17P2. The third kappa shape index (κ3) is 30.2. The summed E-state index contributed by atoms with van der Waals surface area (Å²) in [5.74, 6) is -1.58. The van der Waals surface area contributed by atoms with Gasteiger partial charge in [0.2, 0.25) is 0 Å². The zero-order chi connectivity index (χ0) is 53.0. The van der Waals surface area contributed by atoms with Gasteiger partial charge in [0.1, 0.15) is 30.7 Å². The summed E-state index contributed by atoms with van der Waals surface area (Å²) in [6.07, 6.45) is 31.5. The van der Waals surface area contributed by atoms with Gasteiger partial charge in [0.25, 0.3) is 0 Å². The number of phosphoric ester groups is 2. The first-order chi connectivity index (χ1) is 34.5. The molecular weight excluding hydrogens is 977 g/mol. The van der Waals surface area contributed by atoms with Gasteiger partial charge in [0, 0.05) is 19.0 Å². The van der Waals surface area contributed by atoms with Crippen LogP contribution < -0.4 is 11.4 Å². The largest absolute Gasteiger partial charge is 0.481 e. The number of ether oxygens (including phenoxy) is 3. The molecule has 22 heteroatoms. The SMILES string of the molecule is CC/C=C\C/C=C\C/C=C\CCCCCCCC(=O)OC[C@H](COP(=O)(O)OP(=O)(O)OC[C@H]1O[C@@H](n2ccc(N)nc2=O)[C@H](O)[C@@H]1O)OC(=O)CCC[C@@H](O)\C=C/C=C/C=C/[C@@H](O)C/C=C\CCCCC. The second-order valence-corrected chi connectivity index (χ2v) is 20.0. The normalized spacial score (nSPS) is 20.7. The summed E-state index contributed by atoms with van der Waals surface area (Å²) in [6.45, 7) is 1.71. The van der Waals surface area contributed by atoms with E-state index >= 15 is 0 Å². The number of aliphatic hydroxyl groups excluding tert-OH is 4. The highest BCUT2D eigenvalue weighted by Gasteiger charge is 2.46. The predicted molar refractivity (Wildman–Crippen MR) is 273 cm³/mol. The Bertz CT molecular complexity index is 2070. The maximum atomic E-state index is 12.9. The van der Waals surface area contributed by atoms with Crippen LogP contribution in [0.25, 0.3) is 0 Å². The predicted octanol–water partition coefficient (Wildman–Crippen LogP) is 7.83. The first-order valence-electron chi connectivity index (χ1n) is 24.8. The first kappa shape index (κ1) is 64.0. The summed E-state index contributed by atoms with van der Waals surface area (Å²) < 4.78 is 56.5. The van der Waals surface area contributed by atoms with Crippen molar-refractivity contribution in [1.29, 1.82) is 0 Å². The Morgan fingerprint density at radius 3 is 2.07 bits per heavy atom. The van der Waals surface area contributed by atoms with Crippen LogP contribution in [0.5, 0.6) is 0 Å². The maximum absolute atomic E-state index is 12.9. The topological polar surface area (TPSA) is 306 Å². The van der Waals surface area contributed by atoms with Gasteiger partial charge in [0.05, 0.1) is 25.4 Å². The number of aromatic nitrogens is 2. The lowest BCUT2D eigenvalue weighted by Crippen LogP contribution is -2.36. The zero-order valence-electron chi connectivity index (χ0n) is 41.7. The first-order valence-corrected chi connectivity index (χ1v) is 27.8. The molecule has 0 amide bonds. The molecule has 0 aromatic carbocycles. The number of nitrogens with two attached hydrogens (primary N) is 1. The standard InChI is InChI=1S/C50H79N3O17P2/c1-3-5-7-9-11-12-13-14-15-16-17-18-19-21-27-33-45(56)65-37-42(68-46(57)34-28-32-41(55)31-26-23-22-25-30-40(54)29-24-20-10-8-6-4-2)38-66-71(61,62)70-72(63,64)67-39-43-47(58)48(59)49(69-43)53-36-35-44(51)52-50(53)60/h5,7,11-12,14-15,20,22-26,30-31,35-36,40-43,47-49,54-55,58-59H,3-4,6,8-10,13,16-19,21,27-29,32-34,37-39H2,1-2H3,(H,61,62)(H,63,64)(H2,51,52,60)/b7-5-,12-11-,15-14-,23-22+,24-20-,30-25+,31-26-/t40-,41-,42+,43+,47+,48+,49+/m0/s1. The van der Waals surface area contributed by atoms with Crippen molar-refractivity contribution in [3.05, 3.63) is 108 Å². The molecule has 1 aromatic rings. The van der Waals surface area contributed by atoms with Crippen molar-refractivity contribution < 1.29 is 76.5 Å². The van der Waals surface area contributed by atoms with Crippen molar-refractivity contribution in [1.82, 2.24) is 9.55 Å². The number of nitrogen functional groups attached to an aromatic ring is 1. The maximum Gasteiger partial charge on any atom is 0.481 e. The van der Waals surface area contributed by atoms with E-state index in [1.54, 1.807) is 30.4 Å². The van der Waals surface area contributed by atoms with Gasteiger partial charge in [-0.3, -0.25) is 23.2 Å². The van der Waals surface area contributed by atoms with Crippen LogP contribution in [0.1, 0.15) is 136 Å². The summed E-state index contributed by atoms with van der Waals surface area (Å²) in [6, 6.07) is 1.23. The number of aliphatic hydroxyl groups is 4. The van der Waals surface area contributed by atoms with Crippen LogP contribution in [-0.4, -0.2) is 108 Å².